The van der Waals surface area contributed by atoms with Crippen LogP contribution in [0.25, 0.3) is 0 Å². The molecule has 2 aliphatic heterocycles. The van der Waals surface area contributed by atoms with E-state index in [0.29, 0.717) is 11.6 Å². The highest BCUT2D eigenvalue weighted by atomic mass is 16.2. The van der Waals surface area contributed by atoms with Gasteiger partial charge in [0.1, 0.15) is 0 Å². The molecule has 2 amide bonds. The Bertz CT molecular complexity index is 607. The first-order valence-electron chi connectivity index (χ1n) is 7.68. The zero-order valence-electron chi connectivity index (χ0n) is 12.9. The third-order valence-corrected chi connectivity index (χ3v) is 4.82. The topological polar surface area (TPSA) is 49.4 Å². The summed E-state index contributed by atoms with van der Waals surface area (Å²) >= 11 is 0. The van der Waals surface area contributed by atoms with Crippen LogP contribution in [0.5, 0.6) is 0 Å². The van der Waals surface area contributed by atoms with Crippen LogP contribution in [0.2, 0.25) is 0 Å². The number of nitrogens with one attached hydrogen (secondary N) is 1. The van der Waals surface area contributed by atoms with Gasteiger partial charge in [-0.1, -0.05) is 0 Å². The molecule has 1 aromatic rings. The van der Waals surface area contributed by atoms with Crippen molar-refractivity contribution in [3.8, 4) is 0 Å². The highest BCUT2D eigenvalue weighted by molar-refractivity contribution is 6.07. The fourth-order valence-corrected chi connectivity index (χ4v) is 3.27. The van der Waals surface area contributed by atoms with Crippen LogP contribution >= 0.6 is 0 Å². The molecule has 1 atom stereocenters. The third-order valence-electron chi connectivity index (χ3n) is 4.82. The van der Waals surface area contributed by atoms with Gasteiger partial charge in [-0.15, -0.1) is 0 Å². The molecule has 3 rings (SSSR count). The van der Waals surface area contributed by atoms with Crippen LogP contribution in [-0.2, 0) is 10.2 Å². The first-order chi connectivity index (χ1) is 9.91. The van der Waals surface area contributed by atoms with E-state index in [-0.39, 0.29) is 11.8 Å². The molecule has 0 aliphatic carbocycles. The van der Waals surface area contributed by atoms with E-state index in [1.54, 1.807) is 0 Å². The largest absolute Gasteiger partial charge is 0.336 e. The molecule has 1 unspecified atom stereocenters. The Labute approximate surface area is 125 Å². The van der Waals surface area contributed by atoms with Crippen LogP contribution in [0.4, 0.5) is 5.69 Å². The van der Waals surface area contributed by atoms with Gasteiger partial charge in [-0.05, 0) is 63.8 Å². The molecule has 112 valence electrons. The molecule has 0 bridgehead atoms. The summed E-state index contributed by atoms with van der Waals surface area (Å²) in [4.78, 5) is 26.7. The van der Waals surface area contributed by atoms with Gasteiger partial charge in [0, 0.05) is 23.8 Å². The second-order valence-electron chi connectivity index (χ2n) is 6.68. The smallest absolute Gasteiger partial charge is 0.254 e. The standard InChI is InChI=1S/C17H22N2O2/c1-11-6-4-5-9-19(11)15(20)12-7-8-14-13(10-12)17(2,3)16(21)18-14/h7-8,10-11H,4-6,9H2,1-3H3,(H,18,21). The number of carbonyl (C=O) groups is 2. The second kappa shape index (κ2) is 4.86. The van der Waals surface area contributed by atoms with Gasteiger partial charge in [0.2, 0.25) is 5.91 Å². The monoisotopic (exact) mass is 286 g/mol. The molecule has 0 spiro atoms. The van der Waals surface area contributed by atoms with E-state index in [0.717, 1.165) is 30.6 Å². The second-order valence-corrected chi connectivity index (χ2v) is 6.68. The summed E-state index contributed by atoms with van der Waals surface area (Å²) in [5.74, 6) is 0.0774. The fraction of sp³-hybridized carbons (Fsp3) is 0.529. The summed E-state index contributed by atoms with van der Waals surface area (Å²) in [6, 6.07) is 5.86. The molecule has 21 heavy (non-hydrogen) atoms. The number of anilines is 1. The van der Waals surface area contributed by atoms with Gasteiger partial charge in [-0.3, -0.25) is 9.59 Å². The number of nitrogens with zero attached hydrogens (tertiary/aromatic N) is 1. The molecular formula is C17H22N2O2. The van der Waals surface area contributed by atoms with E-state index in [2.05, 4.69) is 12.2 Å². The van der Waals surface area contributed by atoms with Crippen LogP contribution in [0.3, 0.4) is 0 Å². The van der Waals surface area contributed by atoms with Crippen molar-refractivity contribution < 1.29 is 9.59 Å². The minimum atomic E-state index is -0.570. The van der Waals surface area contributed by atoms with Gasteiger partial charge in [0.05, 0.1) is 5.41 Å². The average molecular weight is 286 g/mol. The molecule has 1 N–H and O–H groups in total. The first-order valence-corrected chi connectivity index (χ1v) is 7.68. The number of piperidine rings is 1. The highest BCUT2D eigenvalue weighted by Gasteiger charge is 2.39. The number of fused-ring (bicyclic) bond motifs is 1. The molecule has 0 radical (unpaired) electrons. The van der Waals surface area contributed by atoms with E-state index in [4.69, 9.17) is 0 Å². The lowest BCUT2D eigenvalue weighted by Gasteiger charge is -2.33. The number of amides is 2. The van der Waals surface area contributed by atoms with Crippen molar-refractivity contribution in [1.82, 2.24) is 4.90 Å². The molecule has 2 heterocycles. The van der Waals surface area contributed by atoms with Crippen molar-refractivity contribution in [2.24, 2.45) is 0 Å². The van der Waals surface area contributed by atoms with Crippen molar-refractivity contribution in [1.29, 1.82) is 0 Å². The van der Waals surface area contributed by atoms with Crippen molar-refractivity contribution in [2.45, 2.75) is 51.5 Å². The zero-order valence-corrected chi connectivity index (χ0v) is 12.9. The third kappa shape index (κ3) is 2.23. The number of likely N-dealkylation sites (tertiary alicyclic amines) is 1. The average Bonchev–Trinajstić information content (AvgIpc) is 2.69. The van der Waals surface area contributed by atoms with E-state index in [1.165, 1.54) is 6.42 Å². The zero-order chi connectivity index (χ0) is 15.2. The van der Waals surface area contributed by atoms with Crippen molar-refractivity contribution in [3.05, 3.63) is 29.3 Å². The maximum atomic E-state index is 12.7. The summed E-state index contributed by atoms with van der Waals surface area (Å²) in [5, 5.41) is 2.88. The van der Waals surface area contributed by atoms with Gasteiger partial charge >= 0.3 is 0 Å². The van der Waals surface area contributed by atoms with E-state index in [1.807, 2.05) is 36.9 Å². The van der Waals surface area contributed by atoms with Crippen LogP contribution in [0.15, 0.2) is 18.2 Å². The summed E-state index contributed by atoms with van der Waals surface area (Å²) < 4.78 is 0. The van der Waals surface area contributed by atoms with Gasteiger partial charge in [0.15, 0.2) is 0 Å². The number of hydrogen-bond donors (Lipinski definition) is 1. The Balaban J connectivity index is 1.93. The molecule has 0 aromatic heterocycles. The minimum Gasteiger partial charge on any atom is -0.336 e. The van der Waals surface area contributed by atoms with E-state index in [9.17, 15) is 9.59 Å². The van der Waals surface area contributed by atoms with Crippen LogP contribution in [0.1, 0.15) is 56.0 Å². The summed E-state index contributed by atoms with van der Waals surface area (Å²) in [6.45, 7) is 6.73. The summed E-state index contributed by atoms with van der Waals surface area (Å²) in [5.41, 5.74) is 1.86. The SMILES string of the molecule is CC1CCCCN1C(=O)c1ccc2c(c1)C(C)(C)C(=O)N2. The van der Waals surface area contributed by atoms with Crippen molar-refractivity contribution in [3.63, 3.8) is 0 Å². The van der Waals surface area contributed by atoms with Gasteiger partial charge in [-0.2, -0.15) is 0 Å². The van der Waals surface area contributed by atoms with Crippen LogP contribution in [-0.4, -0.2) is 29.3 Å². The molecular weight excluding hydrogens is 264 g/mol. The number of carbonyl (C=O) groups excluding carboxylic acids is 2. The molecule has 4 nitrogen and oxygen atoms in total. The predicted molar refractivity (Wildman–Crippen MR) is 82.4 cm³/mol. The number of hydrogen-bond acceptors (Lipinski definition) is 2. The Hall–Kier alpha value is -1.84. The van der Waals surface area contributed by atoms with Gasteiger partial charge in [-0.25, -0.2) is 0 Å². The summed E-state index contributed by atoms with van der Waals surface area (Å²) in [6.07, 6.45) is 3.34. The van der Waals surface area contributed by atoms with E-state index >= 15 is 0 Å². The fourth-order valence-electron chi connectivity index (χ4n) is 3.27. The normalized spacial score (nSPS) is 23.7. The maximum absolute atomic E-state index is 12.7. The van der Waals surface area contributed by atoms with Crippen LogP contribution in [0, 0.1) is 0 Å². The Morgan fingerprint density at radius 2 is 2.10 bits per heavy atom. The highest BCUT2D eigenvalue weighted by Crippen LogP contribution is 2.38. The Morgan fingerprint density at radius 1 is 1.33 bits per heavy atom. The molecule has 0 saturated carbocycles. The minimum absolute atomic E-state index is 0.00607. The Morgan fingerprint density at radius 3 is 2.81 bits per heavy atom. The van der Waals surface area contributed by atoms with Gasteiger partial charge in [0.25, 0.3) is 5.91 Å². The van der Waals surface area contributed by atoms with E-state index < -0.39 is 5.41 Å². The lowest BCUT2D eigenvalue weighted by molar-refractivity contribution is -0.119. The summed E-state index contributed by atoms with van der Waals surface area (Å²) in [7, 11) is 0. The predicted octanol–water partition coefficient (Wildman–Crippen LogP) is 2.93. The lowest BCUT2D eigenvalue weighted by Crippen LogP contribution is -2.42. The molecule has 4 heteroatoms. The molecule has 1 aromatic carbocycles. The van der Waals surface area contributed by atoms with Crippen molar-refractivity contribution >= 4 is 17.5 Å². The molecule has 2 aliphatic rings. The van der Waals surface area contributed by atoms with Crippen molar-refractivity contribution in [2.75, 3.05) is 11.9 Å². The lowest BCUT2D eigenvalue weighted by atomic mass is 9.85. The Kier molecular flexibility index (Phi) is 3.27. The van der Waals surface area contributed by atoms with Crippen LogP contribution < -0.4 is 5.32 Å². The quantitative estimate of drug-likeness (QED) is 0.863. The number of rotatable bonds is 1. The van der Waals surface area contributed by atoms with Gasteiger partial charge < -0.3 is 10.2 Å². The first kappa shape index (κ1) is 14.1. The maximum Gasteiger partial charge on any atom is 0.254 e. The molecule has 1 fully saturated rings. The number of benzene rings is 1. The molecule has 1 saturated heterocycles.